The van der Waals surface area contributed by atoms with E-state index in [1.54, 1.807) is 7.11 Å². The van der Waals surface area contributed by atoms with Crippen LogP contribution in [0.25, 0.3) is 0 Å². The van der Waals surface area contributed by atoms with E-state index in [4.69, 9.17) is 4.74 Å². The number of rotatable bonds is 3. The van der Waals surface area contributed by atoms with Gasteiger partial charge >= 0.3 is 0 Å². The molecule has 2 N–H and O–H groups in total. The van der Waals surface area contributed by atoms with Crippen molar-refractivity contribution in [1.29, 1.82) is 0 Å². The van der Waals surface area contributed by atoms with E-state index in [2.05, 4.69) is 22.4 Å². The lowest BCUT2D eigenvalue weighted by atomic mass is 10.2. The van der Waals surface area contributed by atoms with Gasteiger partial charge in [0.15, 0.2) is 0 Å². The van der Waals surface area contributed by atoms with Crippen LogP contribution in [-0.4, -0.2) is 20.0 Å². The zero-order valence-corrected chi connectivity index (χ0v) is 10.6. The Bertz CT molecular complexity index is 518. The number of hydrogen-bond donors (Lipinski definition) is 2. The van der Waals surface area contributed by atoms with Crippen molar-refractivity contribution in [3.63, 3.8) is 0 Å². The van der Waals surface area contributed by atoms with Crippen LogP contribution in [0.15, 0.2) is 54.6 Å². The smallest absolute Gasteiger partial charge is 0.279 e. The van der Waals surface area contributed by atoms with Crippen LogP contribution in [0.4, 0.5) is 5.69 Å². The van der Waals surface area contributed by atoms with Crippen molar-refractivity contribution in [3.05, 3.63) is 60.2 Å². The minimum atomic E-state index is 0.853. The molecule has 0 aromatic heterocycles. The number of ether oxygens (including phenoxy) is 1. The van der Waals surface area contributed by atoms with Crippen molar-refractivity contribution < 1.29 is 9.73 Å². The van der Waals surface area contributed by atoms with Gasteiger partial charge in [-0.1, -0.05) is 18.2 Å². The molecule has 0 aliphatic rings. The standard InChI is InChI=1S/C15H16N2O/c1-16-15(12-6-4-3-5-7-12)17-13-8-10-14(18-2)11-9-13/h3-11H,1-2H3,(H,16,17)/p+1. The summed E-state index contributed by atoms with van der Waals surface area (Å²) in [5.74, 6) is 1.83. The molecule has 2 aromatic carbocycles. The highest BCUT2D eigenvalue weighted by molar-refractivity contribution is 6.04. The zero-order valence-electron chi connectivity index (χ0n) is 10.6. The lowest BCUT2D eigenvalue weighted by Gasteiger charge is -2.03. The summed E-state index contributed by atoms with van der Waals surface area (Å²) in [6.45, 7) is 0. The molecule has 18 heavy (non-hydrogen) atoms. The first-order chi connectivity index (χ1) is 8.83. The second-order valence-corrected chi connectivity index (χ2v) is 3.84. The Balaban J connectivity index is 2.16. The van der Waals surface area contributed by atoms with Crippen LogP contribution < -0.4 is 15.0 Å². The third-order valence-corrected chi connectivity index (χ3v) is 2.67. The van der Waals surface area contributed by atoms with Gasteiger partial charge in [0.1, 0.15) is 11.4 Å². The summed E-state index contributed by atoms with van der Waals surface area (Å²) in [6, 6.07) is 18.0. The fourth-order valence-electron chi connectivity index (χ4n) is 1.70. The van der Waals surface area contributed by atoms with Gasteiger partial charge in [0.2, 0.25) is 0 Å². The summed E-state index contributed by atoms with van der Waals surface area (Å²) in [7, 11) is 3.57. The molecule has 0 fully saturated rings. The van der Waals surface area contributed by atoms with Crippen LogP contribution in [0, 0.1) is 0 Å². The number of anilines is 1. The van der Waals surface area contributed by atoms with E-state index >= 15 is 0 Å². The van der Waals surface area contributed by atoms with E-state index in [-0.39, 0.29) is 0 Å². The Morgan fingerprint density at radius 3 is 2.22 bits per heavy atom. The third kappa shape index (κ3) is 2.88. The van der Waals surface area contributed by atoms with Crippen molar-refractivity contribution in [2.24, 2.45) is 0 Å². The van der Waals surface area contributed by atoms with Gasteiger partial charge in [-0.15, -0.1) is 0 Å². The van der Waals surface area contributed by atoms with Crippen LogP contribution in [-0.2, 0) is 0 Å². The molecule has 3 heteroatoms. The average Bonchev–Trinajstić information content (AvgIpc) is 2.46. The van der Waals surface area contributed by atoms with Crippen LogP contribution >= 0.6 is 0 Å². The summed E-state index contributed by atoms with van der Waals surface area (Å²) >= 11 is 0. The Kier molecular flexibility index (Phi) is 3.97. The average molecular weight is 241 g/mol. The molecule has 2 rings (SSSR count). The maximum Gasteiger partial charge on any atom is 0.279 e. The highest BCUT2D eigenvalue weighted by atomic mass is 16.5. The summed E-state index contributed by atoms with van der Waals surface area (Å²) in [5.41, 5.74) is 2.14. The lowest BCUT2D eigenvalue weighted by Crippen LogP contribution is -2.70. The summed E-state index contributed by atoms with van der Waals surface area (Å²) in [4.78, 5) is 3.17. The molecule has 0 atom stereocenters. The van der Waals surface area contributed by atoms with Crippen LogP contribution in [0.3, 0.4) is 0 Å². The van der Waals surface area contributed by atoms with Gasteiger partial charge < -0.3 is 4.74 Å². The molecule has 0 saturated carbocycles. The van der Waals surface area contributed by atoms with Gasteiger partial charge in [0.05, 0.1) is 19.7 Å². The molecule has 2 aromatic rings. The maximum absolute atomic E-state index is 5.13. The Morgan fingerprint density at radius 1 is 1.00 bits per heavy atom. The fraction of sp³-hybridized carbons (Fsp3) is 0.133. The minimum absolute atomic E-state index is 0.853. The first-order valence-electron chi connectivity index (χ1n) is 5.84. The Hall–Kier alpha value is -2.29. The van der Waals surface area contributed by atoms with E-state index in [0.717, 1.165) is 22.8 Å². The summed E-state index contributed by atoms with van der Waals surface area (Å²) in [6.07, 6.45) is 0. The van der Waals surface area contributed by atoms with E-state index in [1.165, 1.54) is 0 Å². The number of hydrogen-bond acceptors (Lipinski definition) is 1. The van der Waals surface area contributed by atoms with Crippen LogP contribution in [0.1, 0.15) is 5.56 Å². The van der Waals surface area contributed by atoms with Crippen LogP contribution in [0.2, 0.25) is 0 Å². The molecule has 0 unspecified atom stereocenters. The number of benzene rings is 2. The molecule has 0 spiro atoms. The highest BCUT2D eigenvalue weighted by Crippen LogP contribution is 2.15. The third-order valence-electron chi connectivity index (χ3n) is 2.67. The quantitative estimate of drug-likeness (QED) is 0.627. The minimum Gasteiger partial charge on any atom is -0.497 e. The van der Waals surface area contributed by atoms with Gasteiger partial charge in [-0.25, -0.2) is 5.32 Å². The van der Waals surface area contributed by atoms with E-state index in [0.29, 0.717) is 0 Å². The molecular formula is C15H17N2O+. The molecular weight excluding hydrogens is 224 g/mol. The van der Waals surface area contributed by atoms with Gasteiger partial charge in [0, 0.05) is 0 Å². The number of amidine groups is 1. The molecule has 3 nitrogen and oxygen atoms in total. The van der Waals surface area contributed by atoms with Gasteiger partial charge in [-0.2, -0.15) is 0 Å². The summed E-state index contributed by atoms with van der Waals surface area (Å²) in [5, 5.41) is 3.35. The van der Waals surface area contributed by atoms with Crippen molar-refractivity contribution in [3.8, 4) is 5.75 Å². The van der Waals surface area contributed by atoms with Gasteiger partial charge in [-0.3, -0.25) is 4.99 Å². The molecule has 92 valence electrons. The number of methoxy groups -OCH3 is 1. The van der Waals surface area contributed by atoms with Gasteiger partial charge in [-0.05, 0) is 36.4 Å². The fourth-order valence-corrected chi connectivity index (χ4v) is 1.70. The Labute approximate surface area is 107 Å². The first-order valence-corrected chi connectivity index (χ1v) is 5.84. The topological polar surface area (TPSA) is 35.2 Å². The SMILES string of the molecule is C[NH+]=C(Nc1ccc(OC)cc1)c1ccccc1. The predicted octanol–water partition coefficient (Wildman–Crippen LogP) is 1.26. The Morgan fingerprint density at radius 2 is 1.67 bits per heavy atom. The maximum atomic E-state index is 5.13. The van der Waals surface area contributed by atoms with Crippen molar-refractivity contribution >= 4 is 11.5 Å². The van der Waals surface area contributed by atoms with Crippen molar-refractivity contribution in [2.45, 2.75) is 0 Å². The van der Waals surface area contributed by atoms with Crippen molar-refractivity contribution in [1.82, 2.24) is 0 Å². The van der Waals surface area contributed by atoms with E-state index < -0.39 is 0 Å². The second-order valence-electron chi connectivity index (χ2n) is 3.84. The molecule has 0 bridgehead atoms. The number of nitrogens with one attached hydrogen (secondary N) is 2. The van der Waals surface area contributed by atoms with Crippen molar-refractivity contribution in [2.75, 3.05) is 19.5 Å². The van der Waals surface area contributed by atoms with E-state index in [1.807, 2.05) is 49.5 Å². The molecule has 0 heterocycles. The molecule has 0 aliphatic carbocycles. The van der Waals surface area contributed by atoms with Gasteiger partial charge in [0.25, 0.3) is 5.84 Å². The molecule has 0 saturated heterocycles. The van der Waals surface area contributed by atoms with Crippen LogP contribution in [0.5, 0.6) is 5.75 Å². The monoisotopic (exact) mass is 241 g/mol. The molecule has 0 aliphatic heterocycles. The largest absolute Gasteiger partial charge is 0.497 e. The molecule has 0 radical (unpaired) electrons. The first kappa shape index (κ1) is 12.2. The predicted molar refractivity (Wildman–Crippen MR) is 74.1 cm³/mol. The molecule has 0 amide bonds. The second kappa shape index (κ2) is 5.87. The zero-order chi connectivity index (χ0) is 12.8. The normalized spacial score (nSPS) is 11.1. The highest BCUT2D eigenvalue weighted by Gasteiger charge is 2.09. The lowest BCUT2D eigenvalue weighted by molar-refractivity contribution is -0.419. The van der Waals surface area contributed by atoms with E-state index in [9.17, 15) is 0 Å². The summed E-state index contributed by atoms with van der Waals surface area (Å²) < 4.78 is 5.13.